The summed E-state index contributed by atoms with van der Waals surface area (Å²) in [5.74, 6) is 0. The zero-order valence-electron chi connectivity index (χ0n) is 10.4. The van der Waals surface area contributed by atoms with E-state index in [1.165, 1.54) is 17.5 Å². The van der Waals surface area contributed by atoms with Gasteiger partial charge in [0.1, 0.15) is 16.0 Å². The number of H-pyrrole nitrogens is 1. The number of carbonyl (C=O) groups is 1. The molecule has 0 aliphatic carbocycles. The van der Waals surface area contributed by atoms with Crippen molar-refractivity contribution in [2.24, 2.45) is 0 Å². The quantitative estimate of drug-likeness (QED) is 0.833. The minimum atomic E-state index is -0.635. The van der Waals surface area contributed by atoms with Gasteiger partial charge in [-0.1, -0.05) is 0 Å². The number of thiophene rings is 1. The maximum Gasteiger partial charge on any atom is 0.412 e. The minimum absolute atomic E-state index is 0.194. The molecule has 2 aromatic heterocycles. The Morgan fingerprint density at radius 1 is 1.44 bits per heavy atom. The average Bonchev–Trinajstić information content (AvgIpc) is 2.68. The van der Waals surface area contributed by atoms with Gasteiger partial charge in [0, 0.05) is 6.20 Å². The lowest BCUT2D eigenvalue weighted by atomic mass is 10.2. The number of aromatic nitrogens is 1. The first-order valence-electron chi connectivity index (χ1n) is 5.46. The van der Waals surface area contributed by atoms with Gasteiger partial charge in [0.2, 0.25) is 5.43 Å². The number of carbonyl (C=O) groups excluding carboxylic acids is 1. The molecule has 0 bridgehead atoms. The van der Waals surface area contributed by atoms with Gasteiger partial charge < -0.3 is 9.72 Å². The first-order valence-corrected chi connectivity index (χ1v) is 6.34. The van der Waals surface area contributed by atoms with E-state index in [4.69, 9.17) is 4.74 Å². The molecule has 0 unspecified atom stereocenters. The summed E-state index contributed by atoms with van der Waals surface area (Å²) in [6.45, 7) is 5.29. The zero-order valence-corrected chi connectivity index (χ0v) is 11.2. The molecule has 5 nitrogen and oxygen atoms in total. The zero-order chi connectivity index (χ0) is 13.3. The van der Waals surface area contributed by atoms with Crippen LogP contribution in [0, 0.1) is 0 Å². The Morgan fingerprint density at radius 3 is 2.83 bits per heavy atom. The van der Waals surface area contributed by atoms with Crippen LogP contribution in [-0.2, 0) is 4.74 Å². The average molecular weight is 266 g/mol. The van der Waals surface area contributed by atoms with Crippen molar-refractivity contribution in [2.75, 3.05) is 5.32 Å². The Bertz CT molecular complexity index is 637. The first-order chi connectivity index (χ1) is 8.37. The molecule has 0 saturated heterocycles. The van der Waals surface area contributed by atoms with Crippen LogP contribution in [0.2, 0.25) is 0 Å². The third-order valence-corrected chi connectivity index (χ3v) is 3.04. The van der Waals surface area contributed by atoms with E-state index in [9.17, 15) is 9.59 Å². The van der Waals surface area contributed by atoms with Crippen LogP contribution in [0.1, 0.15) is 20.8 Å². The van der Waals surface area contributed by atoms with Crippen molar-refractivity contribution in [2.45, 2.75) is 26.4 Å². The van der Waals surface area contributed by atoms with Crippen molar-refractivity contribution < 1.29 is 9.53 Å². The Labute approximate surface area is 108 Å². The van der Waals surface area contributed by atoms with Gasteiger partial charge >= 0.3 is 6.09 Å². The molecule has 0 saturated carbocycles. The molecule has 2 aromatic rings. The van der Waals surface area contributed by atoms with Crippen molar-refractivity contribution in [3.63, 3.8) is 0 Å². The van der Waals surface area contributed by atoms with Crippen LogP contribution in [-0.4, -0.2) is 16.7 Å². The van der Waals surface area contributed by atoms with E-state index in [1.54, 1.807) is 20.8 Å². The van der Waals surface area contributed by atoms with Crippen molar-refractivity contribution >= 4 is 33.3 Å². The predicted molar refractivity (Wildman–Crippen MR) is 72.3 cm³/mol. The van der Waals surface area contributed by atoms with Gasteiger partial charge in [-0.3, -0.25) is 10.1 Å². The molecule has 0 fully saturated rings. The van der Waals surface area contributed by atoms with E-state index in [-0.39, 0.29) is 11.1 Å². The largest absolute Gasteiger partial charge is 0.444 e. The smallest absolute Gasteiger partial charge is 0.412 e. The molecule has 0 atom stereocenters. The molecule has 0 spiro atoms. The van der Waals surface area contributed by atoms with Gasteiger partial charge in [-0.15, -0.1) is 11.3 Å². The highest BCUT2D eigenvalue weighted by Crippen LogP contribution is 2.16. The van der Waals surface area contributed by atoms with Gasteiger partial charge in [0.15, 0.2) is 0 Å². The first kappa shape index (κ1) is 12.6. The molecule has 0 aliphatic heterocycles. The number of hydrogen-bond acceptors (Lipinski definition) is 4. The monoisotopic (exact) mass is 266 g/mol. The van der Waals surface area contributed by atoms with Crippen LogP contribution in [0.4, 0.5) is 10.5 Å². The van der Waals surface area contributed by atoms with E-state index < -0.39 is 11.7 Å². The molecule has 2 N–H and O–H groups in total. The maximum absolute atomic E-state index is 12.0. The number of amides is 1. The van der Waals surface area contributed by atoms with Crippen LogP contribution in [0.3, 0.4) is 0 Å². The lowest BCUT2D eigenvalue weighted by Gasteiger charge is -2.19. The van der Waals surface area contributed by atoms with E-state index in [0.29, 0.717) is 4.70 Å². The molecule has 18 heavy (non-hydrogen) atoms. The van der Waals surface area contributed by atoms with Gasteiger partial charge in [-0.2, -0.15) is 0 Å². The Morgan fingerprint density at radius 2 is 2.17 bits per heavy atom. The summed E-state index contributed by atoms with van der Waals surface area (Å²) in [5, 5.41) is 4.27. The lowest BCUT2D eigenvalue weighted by Crippen LogP contribution is -2.28. The molecule has 0 radical (unpaired) electrons. The number of nitrogens with one attached hydrogen (secondary N) is 2. The molecule has 0 aliphatic rings. The molecular formula is C12H14N2O3S. The number of aromatic amines is 1. The van der Waals surface area contributed by atoms with Crippen LogP contribution in [0.25, 0.3) is 10.2 Å². The second-order valence-corrected chi connectivity index (χ2v) is 5.74. The van der Waals surface area contributed by atoms with Crippen LogP contribution in [0.15, 0.2) is 22.4 Å². The Hall–Kier alpha value is -1.82. The molecular weight excluding hydrogens is 252 g/mol. The summed E-state index contributed by atoms with van der Waals surface area (Å²) >= 11 is 1.33. The minimum Gasteiger partial charge on any atom is -0.444 e. The van der Waals surface area contributed by atoms with Crippen LogP contribution < -0.4 is 10.7 Å². The summed E-state index contributed by atoms with van der Waals surface area (Å²) < 4.78 is 5.68. The number of hydrogen-bond donors (Lipinski definition) is 2. The van der Waals surface area contributed by atoms with Gasteiger partial charge in [0.05, 0.1) is 5.52 Å². The number of fused-ring (bicyclic) bond motifs is 1. The topological polar surface area (TPSA) is 71.2 Å². The predicted octanol–water partition coefficient (Wildman–Crippen LogP) is 2.94. The van der Waals surface area contributed by atoms with E-state index in [1.807, 2.05) is 11.4 Å². The highest BCUT2D eigenvalue weighted by Gasteiger charge is 2.17. The molecule has 0 aromatic carbocycles. The standard InChI is InChI=1S/C12H14N2O3S/c1-12(2,3)17-11(16)14-8-6-13-7-4-5-18-10(7)9(8)15/h4-6H,1-3H3,(H,13,15)(H,14,16). The fourth-order valence-corrected chi connectivity index (χ4v) is 2.25. The maximum atomic E-state index is 12.0. The lowest BCUT2D eigenvalue weighted by molar-refractivity contribution is 0.0636. The normalized spacial score (nSPS) is 11.5. The van der Waals surface area contributed by atoms with Crippen LogP contribution >= 0.6 is 11.3 Å². The van der Waals surface area contributed by atoms with Crippen molar-refractivity contribution in [3.8, 4) is 0 Å². The fraction of sp³-hybridized carbons (Fsp3) is 0.333. The van der Waals surface area contributed by atoms with E-state index in [0.717, 1.165) is 5.52 Å². The third-order valence-electron chi connectivity index (χ3n) is 2.12. The molecule has 6 heteroatoms. The van der Waals surface area contributed by atoms with Crippen molar-refractivity contribution in [3.05, 3.63) is 27.9 Å². The van der Waals surface area contributed by atoms with Gasteiger partial charge in [0.25, 0.3) is 0 Å². The van der Waals surface area contributed by atoms with Crippen LogP contribution in [0.5, 0.6) is 0 Å². The van der Waals surface area contributed by atoms with Gasteiger partial charge in [-0.25, -0.2) is 4.79 Å². The summed E-state index contributed by atoms with van der Waals surface area (Å²) in [4.78, 5) is 26.5. The number of ether oxygens (including phenoxy) is 1. The molecule has 2 heterocycles. The molecule has 96 valence electrons. The second kappa shape index (κ2) is 4.45. The SMILES string of the molecule is CC(C)(C)OC(=O)Nc1c[nH]c2ccsc2c1=O. The van der Waals surface area contributed by atoms with Gasteiger partial charge in [-0.05, 0) is 32.2 Å². The highest BCUT2D eigenvalue weighted by molar-refractivity contribution is 7.17. The fourth-order valence-electron chi connectivity index (χ4n) is 1.44. The second-order valence-electron chi connectivity index (χ2n) is 4.82. The van der Waals surface area contributed by atoms with E-state index in [2.05, 4.69) is 10.3 Å². The Balaban J connectivity index is 2.24. The number of pyridine rings is 1. The summed E-state index contributed by atoms with van der Waals surface area (Å²) in [5.41, 5.74) is 0.160. The summed E-state index contributed by atoms with van der Waals surface area (Å²) in [7, 11) is 0. The number of anilines is 1. The number of rotatable bonds is 1. The molecule has 2 rings (SSSR count). The van der Waals surface area contributed by atoms with Crippen molar-refractivity contribution in [1.29, 1.82) is 0 Å². The Kier molecular flexibility index (Phi) is 3.13. The summed E-state index contributed by atoms with van der Waals surface area (Å²) in [6, 6.07) is 1.82. The third kappa shape index (κ3) is 2.70. The van der Waals surface area contributed by atoms with Crippen molar-refractivity contribution in [1.82, 2.24) is 4.98 Å². The summed E-state index contributed by atoms with van der Waals surface area (Å²) in [6.07, 6.45) is 0.838. The highest BCUT2D eigenvalue weighted by atomic mass is 32.1. The molecule has 1 amide bonds. The van der Waals surface area contributed by atoms with E-state index >= 15 is 0 Å².